The van der Waals surface area contributed by atoms with Crippen molar-refractivity contribution in [3.05, 3.63) is 105 Å². The molecule has 148 valence electrons. The highest BCUT2D eigenvalue weighted by Crippen LogP contribution is 2.46. The van der Waals surface area contributed by atoms with Crippen LogP contribution in [0.4, 0.5) is 5.69 Å². The number of aromatic amines is 1. The van der Waals surface area contributed by atoms with Crippen molar-refractivity contribution in [3.63, 3.8) is 0 Å². The van der Waals surface area contributed by atoms with Crippen molar-refractivity contribution in [1.29, 1.82) is 0 Å². The molecule has 0 saturated carbocycles. The summed E-state index contributed by atoms with van der Waals surface area (Å²) >= 11 is 12.7. The van der Waals surface area contributed by atoms with Crippen LogP contribution < -0.4 is 4.90 Å². The van der Waals surface area contributed by atoms with Gasteiger partial charge in [0.2, 0.25) is 0 Å². The number of fused-ring (bicyclic) bond motifs is 1. The summed E-state index contributed by atoms with van der Waals surface area (Å²) in [6, 6.07) is 22.5. The second kappa shape index (κ2) is 7.31. The van der Waals surface area contributed by atoms with E-state index in [0.717, 1.165) is 33.6 Å². The van der Waals surface area contributed by atoms with E-state index in [2.05, 4.69) is 10.2 Å². The van der Waals surface area contributed by atoms with Gasteiger partial charge in [0.1, 0.15) is 5.69 Å². The SMILES string of the molecule is Cc1ccc(-c2n[nH]c3c2[C@H](c2ccccc2Cl)N(c2ccc(Cl)cc2)C3=O)cc1. The number of amides is 1. The minimum Gasteiger partial charge on any atom is -0.295 e. The fraction of sp³-hybridized carbons (Fsp3) is 0.0833. The Morgan fingerprint density at radius 1 is 0.933 bits per heavy atom. The van der Waals surface area contributed by atoms with Crippen molar-refractivity contribution in [2.45, 2.75) is 13.0 Å². The first-order valence-electron chi connectivity index (χ1n) is 9.53. The smallest absolute Gasteiger partial charge is 0.277 e. The fourth-order valence-corrected chi connectivity index (χ4v) is 4.30. The maximum Gasteiger partial charge on any atom is 0.277 e. The van der Waals surface area contributed by atoms with Gasteiger partial charge in [-0.05, 0) is 42.8 Å². The van der Waals surface area contributed by atoms with E-state index in [1.807, 2.05) is 67.6 Å². The molecule has 3 aromatic carbocycles. The van der Waals surface area contributed by atoms with Crippen molar-refractivity contribution < 1.29 is 4.79 Å². The third-order valence-electron chi connectivity index (χ3n) is 5.40. The molecule has 1 aliphatic rings. The number of aryl methyl sites for hydroxylation is 1. The van der Waals surface area contributed by atoms with Gasteiger partial charge in [-0.2, -0.15) is 5.10 Å². The second-order valence-corrected chi connectivity index (χ2v) is 8.15. The van der Waals surface area contributed by atoms with Crippen LogP contribution in [0.15, 0.2) is 72.8 Å². The molecule has 1 atom stereocenters. The largest absolute Gasteiger partial charge is 0.295 e. The van der Waals surface area contributed by atoms with Gasteiger partial charge in [-0.25, -0.2) is 0 Å². The van der Waals surface area contributed by atoms with Gasteiger partial charge in [-0.1, -0.05) is 71.2 Å². The standard InChI is InChI=1S/C24H17Cl2N3O/c1-14-6-8-15(9-7-14)21-20-22(28-27-21)24(30)29(17-12-10-16(25)11-13-17)23(20)18-4-2-3-5-19(18)26/h2-13,23H,1H3,(H,27,28)/t23-/m0/s1. The molecule has 6 heteroatoms. The highest BCUT2D eigenvalue weighted by atomic mass is 35.5. The Kier molecular flexibility index (Phi) is 4.61. The summed E-state index contributed by atoms with van der Waals surface area (Å²) in [6.45, 7) is 2.04. The first kappa shape index (κ1) is 18.9. The van der Waals surface area contributed by atoms with E-state index in [4.69, 9.17) is 23.2 Å². The molecule has 2 heterocycles. The summed E-state index contributed by atoms with van der Waals surface area (Å²) in [5.41, 5.74) is 5.75. The maximum absolute atomic E-state index is 13.5. The van der Waals surface area contributed by atoms with Crippen LogP contribution in [0.2, 0.25) is 10.0 Å². The summed E-state index contributed by atoms with van der Waals surface area (Å²) < 4.78 is 0. The van der Waals surface area contributed by atoms with Crippen LogP contribution in [0.1, 0.15) is 33.2 Å². The van der Waals surface area contributed by atoms with E-state index in [0.29, 0.717) is 15.7 Å². The first-order valence-corrected chi connectivity index (χ1v) is 10.3. The molecule has 0 bridgehead atoms. The molecule has 0 spiro atoms. The molecule has 0 radical (unpaired) electrons. The highest BCUT2D eigenvalue weighted by Gasteiger charge is 2.43. The molecule has 4 aromatic rings. The van der Waals surface area contributed by atoms with Crippen LogP contribution in [-0.2, 0) is 0 Å². The molecule has 1 amide bonds. The molecule has 1 aliphatic heterocycles. The van der Waals surface area contributed by atoms with Gasteiger partial charge in [0.25, 0.3) is 5.91 Å². The molecule has 30 heavy (non-hydrogen) atoms. The van der Waals surface area contributed by atoms with Crippen molar-refractivity contribution in [1.82, 2.24) is 10.2 Å². The van der Waals surface area contributed by atoms with Gasteiger partial charge in [-0.15, -0.1) is 0 Å². The number of nitrogens with one attached hydrogen (secondary N) is 1. The molecule has 0 fully saturated rings. The first-order chi connectivity index (χ1) is 14.5. The predicted octanol–water partition coefficient (Wildman–Crippen LogP) is 6.44. The number of nitrogens with zero attached hydrogens (tertiary/aromatic N) is 2. The van der Waals surface area contributed by atoms with Gasteiger partial charge >= 0.3 is 0 Å². The third kappa shape index (κ3) is 3.00. The number of carbonyl (C=O) groups is 1. The summed E-state index contributed by atoms with van der Waals surface area (Å²) in [7, 11) is 0. The average Bonchev–Trinajstić information content (AvgIpc) is 3.29. The van der Waals surface area contributed by atoms with Crippen molar-refractivity contribution in [2.75, 3.05) is 4.90 Å². The monoisotopic (exact) mass is 433 g/mol. The normalized spacial score (nSPS) is 15.5. The van der Waals surface area contributed by atoms with Crippen LogP contribution in [0.3, 0.4) is 0 Å². The Labute approximate surface area is 184 Å². The van der Waals surface area contributed by atoms with E-state index in [9.17, 15) is 4.79 Å². The Morgan fingerprint density at radius 3 is 2.33 bits per heavy atom. The van der Waals surface area contributed by atoms with Gasteiger partial charge in [0.05, 0.1) is 11.7 Å². The molecule has 0 unspecified atom stereocenters. The lowest BCUT2D eigenvalue weighted by Gasteiger charge is -2.27. The molecule has 5 rings (SSSR count). The Balaban J connectivity index is 1.74. The second-order valence-electron chi connectivity index (χ2n) is 7.30. The number of anilines is 1. The quantitative estimate of drug-likeness (QED) is 0.403. The lowest BCUT2D eigenvalue weighted by atomic mass is 9.95. The summed E-state index contributed by atoms with van der Waals surface area (Å²) in [5, 5.41) is 8.68. The number of H-pyrrole nitrogens is 1. The zero-order valence-corrected chi connectivity index (χ0v) is 17.6. The number of rotatable bonds is 3. The van der Waals surface area contributed by atoms with Crippen molar-refractivity contribution in [2.24, 2.45) is 0 Å². The summed E-state index contributed by atoms with van der Waals surface area (Å²) in [4.78, 5) is 15.2. The molecule has 1 N–H and O–H groups in total. The van der Waals surface area contributed by atoms with Crippen molar-refractivity contribution in [3.8, 4) is 11.3 Å². The number of hydrogen-bond donors (Lipinski definition) is 1. The minimum atomic E-state index is -0.405. The highest BCUT2D eigenvalue weighted by molar-refractivity contribution is 6.32. The predicted molar refractivity (Wildman–Crippen MR) is 120 cm³/mol. The topological polar surface area (TPSA) is 49.0 Å². The Bertz CT molecular complexity index is 1250. The van der Waals surface area contributed by atoms with E-state index in [1.165, 1.54) is 0 Å². The van der Waals surface area contributed by atoms with Crippen LogP contribution >= 0.6 is 23.2 Å². The van der Waals surface area contributed by atoms with Crippen molar-refractivity contribution >= 4 is 34.8 Å². The summed E-state index contributed by atoms with van der Waals surface area (Å²) in [5.74, 6) is -0.150. The fourth-order valence-electron chi connectivity index (χ4n) is 3.94. The lowest BCUT2D eigenvalue weighted by Crippen LogP contribution is -2.29. The minimum absolute atomic E-state index is 0.150. The number of hydrogen-bond acceptors (Lipinski definition) is 2. The Morgan fingerprint density at radius 2 is 1.63 bits per heavy atom. The van der Waals surface area contributed by atoms with Crippen LogP contribution in [0.5, 0.6) is 0 Å². The van der Waals surface area contributed by atoms with Gasteiger partial charge in [0.15, 0.2) is 0 Å². The van der Waals surface area contributed by atoms with E-state index < -0.39 is 6.04 Å². The Hall–Kier alpha value is -3.08. The van der Waals surface area contributed by atoms with Crippen LogP contribution in [-0.4, -0.2) is 16.1 Å². The third-order valence-corrected chi connectivity index (χ3v) is 5.99. The average molecular weight is 434 g/mol. The van der Waals surface area contributed by atoms with Crippen LogP contribution in [0.25, 0.3) is 11.3 Å². The molecule has 0 saturated heterocycles. The lowest BCUT2D eigenvalue weighted by molar-refractivity contribution is 0.0989. The molecular weight excluding hydrogens is 417 g/mol. The molecular formula is C24H17Cl2N3O. The number of carbonyl (C=O) groups excluding carboxylic acids is 1. The number of benzene rings is 3. The van der Waals surface area contributed by atoms with Gasteiger partial charge in [0, 0.05) is 26.9 Å². The van der Waals surface area contributed by atoms with E-state index in [-0.39, 0.29) is 5.91 Å². The zero-order chi connectivity index (χ0) is 20.8. The van der Waals surface area contributed by atoms with Crippen LogP contribution in [0, 0.1) is 6.92 Å². The molecule has 0 aliphatic carbocycles. The van der Waals surface area contributed by atoms with E-state index >= 15 is 0 Å². The maximum atomic E-state index is 13.5. The number of aromatic nitrogens is 2. The van der Waals surface area contributed by atoms with Gasteiger partial charge in [-0.3, -0.25) is 14.8 Å². The number of halogens is 2. The molecule has 1 aromatic heterocycles. The van der Waals surface area contributed by atoms with E-state index in [1.54, 1.807) is 17.0 Å². The van der Waals surface area contributed by atoms with Gasteiger partial charge < -0.3 is 0 Å². The summed E-state index contributed by atoms with van der Waals surface area (Å²) in [6.07, 6.45) is 0. The zero-order valence-electron chi connectivity index (χ0n) is 16.1. The molecule has 4 nitrogen and oxygen atoms in total.